The molecule has 0 spiro atoms. The maximum absolute atomic E-state index is 13.6. The van der Waals surface area contributed by atoms with Crippen molar-refractivity contribution in [3.05, 3.63) is 40.7 Å². The van der Waals surface area contributed by atoms with Crippen molar-refractivity contribution < 1.29 is 9.13 Å². The normalized spacial score (nSPS) is 18.3. The summed E-state index contributed by atoms with van der Waals surface area (Å²) in [6.07, 6.45) is 5.43. The monoisotopic (exact) mass is 321 g/mol. The molecule has 1 atom stereocenters. The first-order valence-electron chi connectivity index (χ1n) is 7.72. The van der Waals surface area contributed by atoms with Crippen LogP contribution < -0.4 is 5.32 Å². The Balaban J connectivity index is 1.47. The zero-order valence-corrected chi connectivity index (χ0v) is 13.2. The van der Waals surface area contributed by atoms with Gasteiger partial charge in [0.05, 0.1) is 6.10 Å². The fraction of sp³-hybridized carbons (Fsp3) is 0.500. The first kappa shape index (κ1) is 15.4. The van der Waals surface area contributed by atoms with Crippen molar-refractivity contribution in [1.29, 1.82) is 0 Å². The third kappa shape index (κ3) is 4.24. The lowest BCUT2D eigenvalue weighted by molar-refractivity contribution is 0.0134. The predicted octanol–water partition coefficient (Wildman–Crippen LogP) is 3.64. The second kappa shape index (κ2) is 7.65. The largest absolute Gasteiger partial charge is 0.378 e. The minimum absolute atomic E-state index is 0.193. The van der Waals surface area contributed by atoms with E-state index in [4.69, 9.17) is 4.74 Å². The van der Waals surface area contributed by atoms with Crippen LogP contribution in [0.15, 0.2) is 24.3 Å². The van der Waals surface area contributed by atoms with Crippen LogP contribution in [0.25, 0.3) is 0 Å². The molecule has 118 valence electrons. The van der Waals surface area contributed by atoms with Crippen LogP contribution >= 0.6 is 11.3 Å². The zero-order chi connectivity index (χ0) is 15.2. The van der Waals surface area contributed by atoms with Crippen LogP contribution in [0.2, 0.25) is 0 Å². The molecule has 6 heteroatoms. The van der Waals surface area contributed by atoms with Gasteiger partial charge in [0, 0.05) is 19.6 Å². The van der Waals surface area contributed by atoms with Gasteiger partial charge in [0.15, 0.2) is 0 Å². The van der Waals surface area contributed by atoms with Crippen molar-refractivity contribution in [1.82, 2.24) is 10.2 Å². The van der Waals surface area contributed by atoms with Crippen LogP contribution in [-0.4, -0.2) is 29.5 Å². The van der Waals surface area contributed by atoms with Crippen molar-refractivity contribution in [2.45, 2.75) is 38.2 Å². The molecule has 0 radical (unpaired) electrons. The molecule has 2 aromatic rings. The van der Waals surface area contributed by atoms with Gasteiger partial charge in [-0.3, -0.25) is 0 Å². The number of aromatic nitrogens is 2. The average molecular weight is 321 g/mol. The molecule has 1 aromatic heterocycles. The van der Waals surface area contributed by atoms with E-state index in [1.165, 1.54) is 30.2 Å². The van der Waals surface area contributed by atoms with Gasteiger partial charge in [-0.1, -0.05) is 29.5 Å². The molecule has 0 saturated carbocycles. The quantitative estimate of drug-likeness (QED) is 0.882. The average Bonchev–Trinajstić information content (AvgIpc) is 2.98. The highest BCUT2D eigenvalue weighted by molar-refractivity contribution is 7.15. The lowest BCUT2D eigenvalue weighted by Gasteiger charge is -2.22. The standard InChI is InChI=1S/C16H20FN3OS/c17-14-7-2-1-5-12(14)11-15-19-20-16(22-15)18-9-8-13-6-3-4-10-21-13/h1-2,5,7,13H,3-4,6,8-11H2,(H,18,20). The fourth-order valence-corrected chi connectivity index (χ4v) is 3.36. The van der Waals surface area contributed by atoms with Crippen molar-refractivity contribution in [2.75, 3.05) is 18.5 Å². The molecular formula is C16H20FN3OS. The Morgan fingerprint density at radius 3 is 3.00 bits per heavy atom. The number of nitrogens with zero attached hydrogens (tertiary/aromatic N) is 2. The highest BCUT2D eigenvalue weighted by Gasteiger charge is 2.13. The zero-order valence-electron chi connectivity index (χ0n) is 12.4. The van der Waals surface area contributed by atoms with E-state index < -0.39 is 0 Å². The number of rotatable bonds is 6. The number of anilines is 1. The second-order valence-electron chi connectivity index (χ2n) is 5.47. The maximum Gasteiger partial charge on any atom is 0.205 e. The van der Waals surface area contributed by atoms with Crippen molar-refractivity contribution in [3.8, 4) is 0 Å². The smallest absolute Gasteiger partial charge is 0.205 e. The Hall–Kier alpha value is -1.53. The van der Waals surface area contributed by atoms with Crippen LogP contribution in [0.3, 0.4) is 0 Å². The highest BCUT2D eigenvalue weighted by Crippen LogP contribution is 2.21. The van der Waals surface area contributed by atoms with Crippen molar-refractivity contribution in [2.24, 2.45) is 0 Å². The van der Waals surface area contributed by atoms with E-state index in [0.29, 0.717) is 18.1 Å². The number of nitrogens with one attached hydrogen (secondary N) is 1. The summed E-state index contributed by atoms with van der Waals surface area (Å²) in [7, 11) is 0. The summed E-state index contributed by atoms with van der Waals surface area (Å²) in [6, 6.07) is 6.78. The fourth-order valence-electron chi connectivity index (χ4n) is 2.58. The SMILES string of the molecule is Fc1ccccc1Cc1nnc(NCCC2CCCCO2)s1. The third-order valence-corrected chi connectivity index (χ3v) is 4.66. The lowest BCUT2D eigenvalue weighted by Crippen LogP contribution is -2.21. The summed E-state index contributed by atoms with van der Waals surface area (Å²) in [4.78, 5) is 0. The van der Waals surface area contributed by atoms with Crippen LogP contribution in [0.5, 0.6) is 0 Å². The number of benzene rings is 1. The topological polar surface area (TPSA) is 47.0 Å². The molecule has 22 heavy (non-hydrogen) atoms. The molecule has 1 aromatic carbocycles. The Morgan fingerprint density at radius 2 is 2.18 bits per heavy atom. The molecule has 1 unspecified atom stereocenters. The predicted molar refractivity (Wildman–Crippen MR) is 85.8 cm³/mol. The van der Waals surface area contributed by atoms with Crippen LogP contribution in [-0.2, 0) is 11.2 Å². The minimum Gasteiger partial charge on any atom is -0.378 e. The van der Waals surface area contributed by atoms with Crippen LogP contribution in [0, 0.1) is 5.82 Å². The van der Waals surface area contributed by atoms with Gasteiger partial charge in [-0.15, -0.1) is 10.2 Å². The molecule has 3 rings (SSSR count). The number of ether oxygens (including phenoxy) is 1. The summed E-state index contributed by atoms with van der Waals surface area (Å²) in [5.74, 6) is -0.193. The molecule has 1 saturated heterocycles. The Kier molecular flexibility index (Phi) is 5.34. The van der Waals surface area contributed by atoms with Crippen LogP contribution in [0.4, 0.5) is 9.52 Å². The summed E-state index contributed by atoms with van der Waals surface area (Å²) in [6.45, 7) is 1.72. The van der Waals surface area contributed by atoms with E-state index in [-0.39, 0.29) is 5.82 Å². The summed E-state index contributed by atoms with van der Waals surface area (Å²) < 4.78 is 19.3. The third-order valence-electron chi connectivity index (χ3n) is 3.78. The first-order chi connectivity index (χ1) is 10.8. The Labute approximate surface area is 133 Å². The molecule has 1 fully saturated rings. The second-order valence-corrected chi connectivity index (χ2v) is 6.54. The van der Waals surface area contributed by atoms with Gasteiger partial charge in [0.25, 0.3) is 0 Å². The van der Waals surface area contributed by atoms with Gasteiger partial charge in [-0.25, -0.2) is 4.39 Å². The van der Waals surface area contributed by atoms with E-state index in [1.54, 1.807) is 12.1 Å². The number of halogens is 1. The van der Waals surface area contributed by atoms with Crippen molar-refractivity contribution >= 4 is 16.5 Å². The molecule has 1 aliphatic heterocycles. The maximum atomic E-state index is 13.6. The number of hydrogen-bond donors (Lipinski definition) is 1. The Bertz CT molecular complexity index is 599. The molecule has 1 N–H and O–H groups in total. The van der Waals surface area contributed by atoms with E-state index in [0.717, 1.165) is 36.1 Å². The van der Waals surface area contributed by atoms with Gasteiger partial charge in [-0.05, 0) is 37.3 Å². The van der Waals surface area contributed by atoms with Gasteiger partial charge >= 0.3 is 0 Å². The summed E-state index contributed by atoms with van der Waals surface area (Å²) in [5, 5.41) is 13.1. The molecule has 4 nitrogen and oxygen atoms in total. The van der Waals surface area contributed by atoms with Crippen molar-refractivity contribution in [3.63, 3.8) is 0 Å². The van der Waals surface area contributed by atoms with Gasteiger partial charge in [0.1, 0.15) is 10.8 Å². The van der Waals surface area contributed by atoms with Gasteiger partial charge < -0.3 is 10.1 Å². The number of hydrogen-bond acceptors (Lipinski definition) is 5. The molecule has 0 aliphatic carbocycles. The minimum atomic E-state index is -0.193. The first-order valence-corrected chi connectivity index (χ1v) is 8.54. The summed E-state index contributed by atoms with van der Waals surface area (Å²) >= 11 is 1.48. The van der Waals surface area contributed by atoms with Gasteiger partial charge in [0.2, 0.25) is 5.13 Å². The molecule has 1 aliphatic rings. The van der Waals surface area contributed by atoms with Crippen LogP contribution in [0.1, 0.15) is 36.3 Å². The molecule has 0 bridgehead atoms. The Morgan fingerprint density at radius 1 is 1.27 bits per heavy atom. The lowest BCUT2D eigenvalue weighted by atomic mass is 10.1. The molecule has 0 amide bonds. The van der Waals surface area contributed by atoms with E-state index in [9.17, 15) is 4.39 Å². The molecule has 2 heterocycles. The van der Waals surface area contributed by atoms with E-state index in [2.05, 4.69) is 15.5 Å². The van der Waals surface area contributed by atoms with E-state index in [1.807, 2.05) is 6.07 Å². The highest BCUT2D eigenvalue weighted by atomic mass is 32.1. The van der Waals surface area contributed by atoms with E-state index >= 15 is 0 Å². The molecular weight excluding hydrogens is 301 g/mol. The summed E-state index contributed by atoms with van der Waals surface area (Å²) in [5.41, 5.74) is 0.654. The van der Waals surface area contributed by atoms with Gasteiger partial charge in [-0.2, -0.15) is 0 Å².